The van der Waals surface area contributed by atoms with Crippen LogP contribution in [0, 0.1) is 0 Å². The third kappa shape index (κ3) is 2.12. The molecule has 1 aliphatic heterocycles. The van der Waals surface area contributed by atoms with Crippen molar-refractivity contribution >= 4 is 27.3 Å². The minimum absolute atomic E-state index is 0.0642. The molecule has 15 heavy (non-hydrogen) atoms. The van der Waals surface area contributed by atoms with Crippen molar-refractivity contribution in [3.05, 3.63) is 20.8 Å². The van der Waals surface area contributed by atoms with Gasteiger partial charge in [0.25, 0.3) is 0 Å². The van der Waals surface area contributed by atoms with Gasteiger partial charge in [-0.25, -0.2) is 5.43 Å². The lowest BCUT2D eigenvalue weighted by atomic mass is 9.92. The zero-order valence-corrected chi connectivity index (χ0v) is 11.0. The van der Waals surface area contributed by atoms with Crippen LogP contribution in [0.25, 0.3) is 0 Å². The molecule has 0 aromatic carbocycles. The van der Waals surface area contributed by atoms with Crippen LogP contribution in [0.5, 0.6) is 0 Å². The normalized spacial score (nSPS) is 28.2. The SMILES string of the molecule is CC1(C(NN)c2sccc2Br)CCCO1. The summed E-state index contributed by atoms with van der Waals surface area (Å²) >= 11 is 5.24. The lowest BCUT2D eigenvalue weighted by Gasteiger charge is -2.32. The molecule has 3 N–H and O–H groups in total. The molecule has 0 bridgehead atoms. The zero-order valence-electron chi connectivity index (χ0n) is 8.63. The topological polar surface area (TPSA) is 47.3 Å². The number of rotatable bonds is 3. The molecule has 0 amide bonds. The third-order valence-electron chi connectivity index (χ3n) is 2.93. The molecule has 0 saturated carbocycles. The minimum Gasteiger partial charge on any atom is -0.373 e. The van der Waals surface area contributed by atoms with E-state index in [1.807, 2.05) is 6.07 Å². The third-order valence-corrected chi connectivity index (χ3v) is 4.87. The van der Waals surface area contributed by atoms with Gasteiger partial charge in [0.2, 0.25) is 0 Å². The molecule has 84 valence electrons. The van der Waals surface area contributed by atoms with Gasteiger partial charge >= 0.3 is 0 Å². The average molecular weight is 291 g/mol. The van der Waals surface area contributed by atoms with Crippen LogP contribution in [0.15, 0.2) is 15.9 Å². The van der Waals surface area contributed by atoms with E-state index in [-0.39, 0.29) is 11.6 Å². The first-order valence-corrected chi connectivity index (χ1v) is 6.67. The number of hydrogen-bond acceptors (Lipinski definition) is 4. The number of nitrogens with one attached hydrogen (secondary N) is 1. The van der Waals surface area contributed by atoms with Crippen molar-refractivity contribution in [1.29, 1.82) is 0 Å². The summed E-state index contributed by atoms with van der Waals surface area (Å²) in [6.07, 6.45) is 2.16. The fraction of sp³-hybridized carbons (Fsp3) is 0.600. The second-order valence-corrected chi connectivity index (χ2v) is 5.80. The summed E-state index contributed by atoms with van der Waals surface area (Å²) < 4.78 is 6.92. The molecule has 1 aromatic rings. The highest BCUT2D eigenvalue weighted by Crippen LogP contribution is 2.41. The van der Waals surface area contributed by atoms with Crippen molar-refractivity contribution in [3.63, 3.8) is 0 Å². The monoisotopic (exact) mass is 290 g/mol. The summed E-state index contributed by atoms with van der Waals surface area (Å²) in [4.78, 5) is 1.21. The Labute approximate surface area is 102 Å². The summed E-state index contributed by atoms with van der Waals surface area (Å²) in [6, 6.07) is 2.11. The number of hydrogen-bond donors (Lipinski definition) is 2. The zero-order chi connectivity index (χ0) is 10.9. The first kappa shape index (κ1) is 11.5. The van der Waals surface area contributed by atoms with Gasteiger partial charge in [-0.05, 0) is 47.1 Å². The molecule has 3 nitrogen and oxygen atoms in total. The highest BCUT2D eigenvalue weighted by atomic mass is 79.9. The largest absolute Gasteiger partial charge is 0.373 e. The molecule has 2 unspecified atom stereocenters. The van der Waals surface area contributed by atoms with E-state index in [1.165, 1.54) is 4.88 Å². The number of thiophene rings is 1. The minimum atomic E-state index is -0.178. The number of nitrogens with two attached hydrogens (primary N) is 1. The van der Waals surface area contributed by atoms with Crippen molar-refractivity contribution in [1.82, 2.24) is 5.43 Å². The fourth-order valence-corrected chi connectivity index (χ4v) is 3.87. The predicted molar refractivity (Wildman–Crippen MR) is 65.7 cm³/mol. The van der Waals surface area contributed by atoms with Crippen LogP contribution in [0.3, 0.4) is 0 Å². The molecule has 5 heteroatoms. The first-order valence-electron chi connectivity index (χ1n) is 5.00. The first-order chi connectivity index (χ1) is 7.17. The van der Waals surface area contributed by atoms with Gasteiger partial charge in [0, 0.05) is 16.0 Å². The van der Waals surface area contributed by atoms with Crippen molar-refractivity contribution in [2.75, 3.05) is 6.61 Å². The molecular formula is C10H15BrN2OS. The van der Waals surface area contributed by atoms with Crippen molar-refractivity contribution < 1.29 is 4.74 Å². The van der Waals surface area contributed by atoms with Crippen molar-refractivity contribution in [3.8, 4) is 0 Å². The molecule has 1 fully saturated rings. The van der Waals surface area contributed by atoms with Crippen LogP contribution >= 0.6 is 27.3 Å². The fourth-order valence-electron chi connectivity index (χ4n) is 2.07. The highest BCUT2D eigenvalue weighted by Gasteiger charge is 2.40. The molecule has 0 radical (unpaired) electrons. The molecular weight excluding hydrogens is 276 g/mol. The van der Waals surface area contributed by atoms with E-state index in [0.29, 0.717) is 0 Å². The molecule has 2 atom stereocenters. The van der Waals surface area contributed by atoms with Crippen LogP contribution in [-0.4, -0.2) is 12.2 Å². The lowest BCUT2D eigenvalue weighted by Crippen LogP contribution is -2.44. The molecule has 2 rings (SSSR count). The van der Waals surface area contributed by atoms with E-state index in [4.69, 9.17) is 10.6 Å². The standard InChI is InChI=1S/C10H15BrN2OS/c1-10(4-2-5-14-10)9(13-12)8-7(11)3-6-15-8/h3,6,9,13H,2,4-5,12H2,1H3. The van der Waals surface area contributed by atoms with Gasteiger partial charge < -0.3 is 4.74 Å². The lowest BCUT2D eigenvalue weighted by molar-refractivity contribution is -0.0117. The van der Waals surface area contributed by atoms with E-state index in [9.17, 15) is 0 Å². The summed E-state index contributed by atoms with van der Waals surface area (Å²) in [6.45, 7) is 2.95. The van der Waals surface area contributed by atoms with Crippen molar-refractivity contribution in [2.45, 2.75) is 31.4 Å². The highest BCUT2D eigenvalue weighted by molar-refractivity contribution is 9.10. The molecule has 2 heterocycles. The summed E-state index contributed by atoms with van der Waals surface area (Å²) in [5.41, 5.74) is 2.70. The van der Waals surface area contributed by atoms with E-state index < -0.39 is 0 Å². The van der Waals surface area contributed by atoms with Crippen molar-refractivity contribution in [2.24, 2.45) is 5.84 Å². The Kier molecular flexibility index (Phi) is 3.47. The molecule has 0 spiro atoms. The van der Waals surface area contributed by atoms with Crippen LogP contribution in [0.1, 0.15) is 30.7 Å². The Morgan fingerprint density at radius 2 is 2.53 bits per heavy atom. The van der Waals surface area contributed by atoms with Gasteiger partial charge in [-0.2, -0.15) is 0 Å². The van der Waals surface area contributed by atoms with Gasteiger partial charge in [-0.1, -0.05) is 0 Å². The number of ether oxygens (including phenoxy) is 1. The Morgan fingerprint density at radius 3 is 3.00 bits per heavy atom. The Balaban J connectivity index is 2.27. The van der Waals surface area contributed by atoms with Crippen LogP contribution in [0.2, 0.25) is 0 Å². The van der Waals surface area contributed by atoms with Gasteiger partial charge in [0.1, 0.15) is 0 Å². The van der Waals surface area contributed by atoms with Gasteiger partial charge in [0.05, 0.1) is 11.6 Å². The number of hydrazine groups is 1. The number of halogens is 1. The summed E-state index contributed by atoms with van der Waals surface area (Å²) in [5, 5.41) is 2.06. The van der Waals surface area contributed by atoms with E-state index >= 15 is 0 Å². The van der Waals surface area contributed by atoms with E-state index in [0.717, 1.165) is 23.9 Å². The Morgan fingerprint density at radius 1 is 1.73 bits per heavy atom. The maximum absolute atomic E-state index is 5.82. The Hall–Kier alpha value is 0.0600. The molecule has 1 aromatic heterocycles. The van der Waals surface area contributed by atoms with E-state index in [2.05, 4.69) is 33.7 Å². The molecule has 0 aliphatic carbocycles. The Bertz CT molecular complexity index is 336. The maximum atomic E-state index is 5.82. The van der Waals surface area contributed by atoms with Crippen LogP contribution in [0.4, 0.5) is 0 Å². The van der Waals surface area contributed by atoms with Gasteiger partial charge in [0.15, 0.2) is 0 Å². The second kappa shape index (κ2) is 4.51. The second-order valence-electron chi connectivity index (χ2n) is 4.00. The average Bonchev–Trinajstić information content (AvgIpc) is 2.79. The van der Waals surface area contributed by atoms with Crippen LogP contribution < -0.4 is 11.3 Å². The predicted octanol–water partition coefficient (Wildman–Crippen LogP) is 2.58. The van der Waals surface area contributed by atoms with E-state index in [1.54, 1.807) is 11.3 Å². The van der Waals surface area contributed by atoms with Crippen LogP contribution in [-0.2, 0) is 4.74 Å². The van der Waals surface area contributed by atoms with Gasteiger partial charge in [-0.15, -0.1) is 11.3 Å². The summed E-state index contributed by atoms with van der Waals surface area (Å²) in [5.74, 6) is 5.65. The van der Waals surface area contributed by atoms with Gasteiger partial charge in [-0.3, -0.25) is 5.84 Å². The quantitative estimate of drug-likeness (QED) is 0.664. The molecule has 1 saturated heterocycles. The molecule has 1 aliphatic rings. The smallest absolute Gasteiger partial charge is 0.0870 e. The maximum Gasteiger partial charge on any atom is 0.0870 e. The summed E-state index contributed by atoms with van der Waals surface area (Å²) in [7, 11) is 0.